The molecule has 2 rings (SSSR count). The van der Waals surface area contributed by atoms with Gasteiger partial charge in [0.1, 0.15) is 18.1 Å². The zero-order chi connectivity index (χ0) is 20.2. The number of likely N-dealkylation sites (N-methyl/N-ethyl adjacent to an activating group) is 1. The number of piperidine rings is 1. The third kappa shape index (κ3) is 5.55. The number of pyridine rings is 1. The minimum atomic E-state index is -4.16. The van der Waals surface area contributed by atoms with Crippen molar-refractivity contribution in [3.05, 3.63) is 23.9 Å². The molecule has 1 saturated heterocycles. The van der Waals surface area contributed by atoms with E-state index in [4.69, 9.17) is 0 Å². The van der Waals surface area contributed by atoms with Crippen LogP contribution in [0.25, 0.3) is 0 Å². The highest BCUT2D eigenvalue weighted by Gasteiger charge is 2.41. The number of nitrogens with one attached hydrogen (secondary N) is 2. The Bertz CT molecular complexity index is 631. The van der Waals surface area contributed by atoms with Gasteiger partial charge in [-0.1, -0.05) is 19.9 Å². The molecule has 1 aromatic rings. The van der Waals surface area contributed by atoms with Crippen molar-refractivity contribution in [1.82, 2.24) is 15.6 Å². The molecule has 0 aliphatic carbocycles. The van der Waals surface area contributed by atoms with Crippen LogP contribution in [-0.4, -0.2) is 48.5 Å². The number of carbonyl (C=O) groups is 1. The minimum absolute atomic E-state index is 0.0298. The van der Waals surface area contributed by atoms with Gasteiger partial charge in [0.15, 0.2) is 0 Å². The molecule has 1 fully saturated rings. The number of hydrogen-bond acceptors (Lipinski definition) is 5. The number of aliphatic hydroxyl groups is 1. The molecule has 1 aliphatic rings. The van der Waals surface area contributed by atoms with Gasteiger partial charge in [-0.05, 0) is 32.0 Å². The molecule has 1 aromatic heterocycles. The van der Waals surface area contributed by atoms with E-state index < -0.39 is 24.4 Å². The van der Waals surface area contributed by atoms with Crippen LogP contribution < -0.4 is 15.5 Å². The molecule has 9 heteroatoms. The van der Waals surface area contributed by atoms with Gasteiger partial charge in [-0.25, -0.2) is 4.98 Å². The number of amides is 1. The van der Waals surface area contributed by atoms with Gasteiger partial charge in [0, 0.05) is 19.0 Å². The summed E-state index contributed by atoms with van der Waals surface area (Å²) in [4.78, 5) is 18.4. The van der Waals surface area contributed by atoms with E-state index in [0.29, 0.717) is 11.5 Å². The Morgan fingerprint density at radius 1 is 1.30 bits per heavy atom. The first-order chi connectivity index (χ1) is 12.6. The Morgan fingerprint density at radius 2 is 1.93 bits per heavy atom. The van der Waals surface area contributed by atoms with Crippen LogP contribution in [0.2, 0.25) is 0 Å². The summed E-state index contributed by atoms with van der Waals surface area (Å²) >= 11 is 0. The number of rotatable bonds is 6. The second-order valence-corrected chi connectivity index (χ2v) is 7.10. The molecule has 0 spiro atoms. The summed E-state index contributed by atoms with van der Waals surface area (Å²) in [5, 5.41) is 15.7. The zero-order valence-corrected chi connectivity index (χ0v) is 15.8. The van der Waals surface area contributed by atoms with Gasteiger partial charge in [0.05, 0.1) is 11.6 Å². The van der Waals surface area contributed by atoms with Gasteiger partial charge in [0.2, 0.25) is 5.91 Å². The minimum Gasteiger partial charge on any atom is -0.376 e. The lowest BCUT2D eigenvalue weighted by atomic mass is 9.96. The Kier molecular flexibility index (Phi) is 7.05. The summed E-state index contributed by atoms with van der Waals surface area (Å²) in [5.74, 6) is -1.23. The highest BCUT2D eigenvalue weighted by Crippen LogP contribution is 2.35. The van der Waals surface area contributed by atoms with Crippen molar-refractivity contribution in [1.29, 1.82) is 0 Å². The van der Waals surface area contributed by atoms with Crippen LogP contribution in [0, 0.1) is 11.8 Å². The fraction of sp³-hybridized carbons (Fsp3) is 0.667. The van der Waals surface area contributed by atoms with Crippen molar-refractivity contribution < 1.29 is 23.1 Å². The van der Waals surface area contributed by atoms with Gasteiger partial charge in [0.25, 0.3) is 0 Å². The topological polar surface area (TPSA) is 77.5 Å². The number of nitrogens with zero attached hydrogens (tertiary/aromatic N) is 2. The maximum absolute atomic E-state index is 12.8. The molecule has 152 valence electrons. The number of aliphatic hydroxyl groups excluding tert-OH is 1. The fourth-order valence-electron chi connectivity index (χ4n) is 3.03. The van der Waals surface area contributed by atoms with Crippen LogP contribution >= 0.6 is 0 Å². The summed E-state index contributed by atoms with van der Waals surface area (Å²) in [6, 6.07) is 4.37. The molecular formula is C18H27F3N4O2. The van der Waals surface area contributed by atoms with Gasteiger partial charge in [-0.3, -0.25) is 10.1 Å². The van der Waals surface area contributed by atoms with Crippen molar-refractivity contribution in [3.8, 4) is 0 Å². The fourth-order valence-corrected chi connectivity index (χ4v) is 3.03. The van der Waals surface area contributed by atoms with E-state index in [1.165, 1.54) is 0 Å². The third-order valence-electron chi connectivity index (χ3n) is 4.79. The van der Waals surface area contributed by atoms with E-state index in [2.05, 4.69) is 15.6 Å². The van der Waals surface area contributed by atoms with Crippen molar-refractivity contribution >= 4 is 11.7 Å². The molecule has 2 atom stereocenters. The second-order valence-electron chi connectivity index (χ2n) is 7.10. The average molecular weight is 388 g/mol. The normalized spacial score (nSPS) is 18.4. The molecule has 0 saturated carbocycles. The largest absolute Gasteiger partial charge is 0.391 e. The van der Waals surface area contributed by atoms with E-state index in [1.807, 2.05) is 0 Å². The molecule has 2 heterocycles. The van der Waals surface area contributed by atoms with E-state index in [1.54, 1.807) is 44.0 Å². The summed E-state index contributed by atoms with van der Waals surface area (Å²) in [7, 11) is 1.56. The van der Waals surface area contributed by atoms with Crippen LogP contribution in [0.15, 0.2) is 18.2 Å². The van der Waals surface area contributed by atoms with Crippen LogP contribution in [-0.2, 0) is 4.79 Å². The number of hydrogen-bond donors (Lipinski definition) is 3. The van der Waals surface area contributed by atoms with Crippen molar-refractivity contribution in [3.63, 3.8) is 0 Å². The Labute approximate surface area is 157 Å². The summed E-state index contributed by atoms with van der Waals surface area (Å²) in [6.45, 7) is 4.01. The van der Waals surface area contributed by atoms with E-state index in [-0.39, 0.29) is 37.8 Å². The van der Waals surface area contributed by atoms with Crippen LogP contribution in [0.1, 0.15) is 38.4 Å². The van der Waals surface area contributed by atoms with Crippen molar-refractivity contribution in [2.24, 2.45) is 11.8 Å². The molecule has 1 aliphatic heterocycles. The van der Waals surface area contributed by atoms with Gasteiger partial charge in [-0.2, -0.15) is 13.2 Å². The highest BCUT2D eigenvalue weighted by atomic mass is 19.4. The Balaban J connectivity index is 2.16. The summed E-state index contributed by atoms with van der Waals surface area (Å²) in [6.07, 6.45) is -5.15. The number of carbonyl (C=O) groups excluding carboxylic acids is 1. The number of alkyl halides is 3. The lowest BCUT2D eigenvalue weighted by Crippen LogP contribution is -2.44. The number of halogens is 3. The molecule has 0 radical (unpaired) electrons. The second kappa shape index (κ2) is 8.88. The zero-order valence-electron chi connectivity index (χ0n) is 15.8. The summed E-state index contributed by atoms with van der Waals surface area (Å²) in [5.41, 5.74) is 0.446. The molecule has 1 amide bonds. The van der Waals surface area contributed by atoms with Gasteiger partial charge < -0.3 is 15.3 Å². The first-order valence-electron chi connectivity index (χ1n) is 9.07. The predicted molar refractivity (Wildman–Crippen MR) is 96.0 cm³/mol. The first kappa shape index (κ1) is 21.4. The van der Waals surface area contributed by atoms with Crippen LogP contribution in [0.3, 0.4) is 0 Å². The van der Waals surface area contributed by atoms with Gasteiger partial charge in [-0.15, -0.1) is 0 Å². The van der Waals surface area contributed by atoms with E-state index >= 15 is 0 Å². The number of aromatic nitrogens is 1. The molecule has 0 bridgehead atoms. The third-order valence-corrected chi connectivity index (χ3v) is 4.79. The molecule has 3 N–H and O–H groups in total. The SMILES string of the molecule is CNC(O)C(NC(=O)C(C)C)c1cccc(N2CCC(C(F)(F)F)CC2)n1. The van der Waals surface area contributed by atoms with Crippen LogP contribution in [0.5, 0.6) is 0 Å². The average Bonchev–Trinajstić information content (AvgIpc) is 2.64. The Morgan fingerprint density at radius 3 is 2.44 bits per heavy atom. The smallest absolute Gasteiger partial charge is 0.376 e. The molecule has 2 unspecified atom stereocenters. The number of anilines is 1. The van der Waals surface area contributed by atoms with E-state index in [0.717, 1.165) is 0 Å². The highest BCUT2D eigenvalue weighted by molar-refractivity contribution is 5.78. The standard InChI is InChI=1S/C18H27F3N4O2/c1-11(2)16(26)24-15(17(27)22-3)13-5-4-6-14(23-13)25-9-7-12(8-10-25)18(19,20)21/h4-6,11-12,15,17,22,27H,7-10H2,1-3H3,(H,24,26). The quantitative estimate of drug-likeness (QED) is 0.652. The van der Waals surface area contributed by atoms with Crippen LogP contribution in [0.4, 0.5) is 19.0 Å². The molecular weight excluding hydrogens is 361 g/mol. The molecule has 0 aromatic carbocycles. The maximum atomic E-state index is 12.8. The lowest BCUT2D eigenvalue weighted by molar-refractivity contribution is -0.179. The molecule has 27 heavy (non-hydrogen) atoms. The Hall–Kier alpha value is -1.87. The molecule has 6 nitrogen and oxygen atoms in total. The monoisotopic (exact) mass is 388 g/mol. The van der Waals surface area contributed by atoms with Crippen molar-refractivity contribution in [2.75, 3.05) is 25.0 Å². The summed E-state index contributed by atoms with van der Waals surface area (Å²) < 4.78 is 38.5. The van der Waals surface area contributed by atoms with E-state index in [9.17, 15) is 23.1 Å². The maximum Gasteiger partial charge on any atom is 0.391 e. The lowest BCUT2D eigenvalue weighted by Gasteiger charge is -2.34. The van der Waals surface area contributed by atoms with Gasteiger partial charge >= 0.3 is 6.18 Å². The predicted octanol–water partition coefficient (Wildman–Crippen LogP) is 2.21. The first-order valence-corrected chi connectivity index (χ1v) is 9.07. The van der Waals surface area contributed by atoms with Crippen molar-refractivity contribution in [2.45, 2.75) is 45.1 Å².